The van der Waals surface area contributed by atoms with E-state index < -0.39 is 0 Å². The molecule has 1 nitrogen and oxygen atoms in total. The summed E-state index contributed by atoms with van der Waals surface area (Å²) in [5, 5.41) is 2.68. The van der Waals surface area contributed by atoms with Gasteiger partial charge in [-0.05, 0) is 107 Å². The van der Waals surface area contributed by atoms with Gasteiger partial charge in [-0.1, -0.05) is 78.3 Å². The highest BCUT2D eigenvalue weighted by Gasteiger charge is 2.42. The number of nitrogens with zero attached hydrogens (tertiary/aromatic N) is 1. The van der Waals surface area contributed by atoms with Crippen molar-refractivity contribution in [2.24, 2.45) is 0 Å². The molecule has 9 rings (SSSR count). The quantitative estimate of drug-likeness (QED) is 0.199. The first-order valence-corrected chi connectivity index (χ1v) is 15.1. The second-order valence-electron chi connectivity index (χ2n) is 11.5. The molecule has 0 radical (unpaired) electrons. The van der Waals surface area contributed by atoms with Crippen molar-refractivity contribution in [1.29, 1.82) is 0 Å². The summed E-state index contributed by atoms with van der Waals surface area (Å²) in [6.45, 7) is 4.63. The lowest BCUT2D eigenvalue weighted by Gasteiger charge is -2.36. The average molecular weight is 540 g/mol. The Hall–Kier alpha value is -4.60. The van der Waals surface area contributed by atoms with Crippen LogP contribution in [-0.2, 0) is 0 Å². The van der Waals surface area contributed by atoms with Gasteiger partial charge in [0, 0.05) is 37.2 Å². The lowest BCUT2D eigenvalue weighted by atomic mass is 9.37. The highest BCUT2D eigenvalue weighted by molar-refractivity contribution is 7.25. The third-order valence-corrected chi connectivity index (χ3v) is 10.1. The molecule has 0 atom stereocenters. The van der Waals surface area contributed by atoms with E-state index in [0.717, 1.165) is 0 Å². The summed E-state index contributed by atoms with van der Waals surface area (Å²) in [5.41, 5.74) is 15.8. The number of hydrogen-bond acceptors (Lipinski definition) is 2. The summed E-state index contributed by atoms with van der Waals surface area (Å²) in [4.78, 5) is 2.51. The number of anilines is 3. The zero-order valence-corrected chi connectivity index (χ0v) is 23.8. The molecule has 2 aliphatic heterocycles. The average Bonchev–Trinajstić information content (AvgIpc) is 3.53. The normalized spacial score (nSPS) is 13.0. The largest absolute Gasteiger partial charge is 0.311 e. The lowest BCUT2D eigenvalue weighted by molar-refractivity contribution is 1.27. The van der Waals surface area contributed by atoms with Gasteiger partial charge in [0.25, 0.3) is 0 Å². The molecule has 7 aromatic rings. The van der Waals surface area contributed by atoms with Gasteiger partial charge in [-0.25, -0.2) is 0 Å². The van der Waals surface area contributed by atoms with E-state index in [1.165, 1.54) is 87.0 Å². The summed E-state index contributed by atoms with van der Waals surface area (Å²) < 4.78 is 2.69. The molecule has 0 amide bonds. The second kappa shape index (κ2) is 8.45. The van der Waals surface area contributed by atoms with Crippen LogP contribution in [0, 0.1) is 13.8 Å². The van der Waals surface area contributed by atoms with Crippen molar-refractivity contribution >= 4 is 71.7 Å². The van der Waals surface area contributed by atoms with Crippen LogP contribution in [0.1, 0.15) is 11.1 Å². The Morgan fingerprint density at radius 2 is 1.37 bits per heavy atom. The van der Waals surface area contributed by atoms with E-state index in [9.17, 15) is 0 Å². The Kier molecular flexibility index (Phi) is 4.77. The molecule has 0 bridgehead atoms. The molecule has 6 aromatic carbocycles. The summed E-state index contributed by atoms with van der Waals surface area (Å²) in [6.07, 6.45) is 0. The Morgan fingerprint density at radius 1 is 0.537 bits per heavy atom. The monoisotopic (exact) mass is 539 g/mol. The fraction of sp³-hybridized carbons (Fsp3) is 0.0526. The Balaban J connectivity index is 1.36. The fourth-order valence-corrected chi connectivity index (χ4v) is 8.25. The van der Waals surface area contributed by atoms with Crippen molar-refractivity contribution in [3.05, 3.63) is 132 Å². The Labute approximate surface area is 244 Å². The lowest BCUT2D eigenvalue weighted by Crippen LogP contribution is -2.54. The topological polar surface area (TPSA) is 3.24 Å². The molecule has 0 saturated carbocycles. The van der Waals surface area contributed by atoms with Crippen LogP contribution >= 0.6 is 11.3 Å². The van der Waals surface area contributed by atoms with Gasteiger partial charge in [-0.15, -0.1) is 11.3 Å². The molecule has 1 aromatic heterocycles. The molecule has 0 fully saturated rings. The summed E-state index contributed by atoms with van der Waals surface area (Å²) in [5.74, 6) is 0. The minimum Gasteiger partial charge on any atom is -0.311 e. The van der Waals surface area contributed by atoms with Crippen LogP contribution < -0.4 is 21.3 Å². The third kappa shape index (κ3) is 3.30. The van der Waals surface area contributed by atoms with E-state index in [4.69, 9.17) is 0 Å². The van der Waals surface area contributed by atoms with Gasteiger partial charge >= 0.3 is 0 Å². The molecular weight excluding hydrogens is 513 g/mol. The molecule has 3 heterocycles. The van der Waals surface area contributed by atoms with Gasteiger partial charge in [0.2, 0.25) is 6.71 Å². The first-order valence-electron chi connectivity index (χ1n) is 14.3. The molecule has 0 aliphatic carbocycles. The molecule has 0 spiro atoms. The van der Waals surface area contributed by atoms with Gasteiger partial charge in [0.05, 0.1) is 0 Å². The summed E-state index contributed by atoms with van der Waals surface area (Å²) >= 11 is 1.88. The van der Waals surface area contributed by atoms with Gasteiger partial charge in [0.1, 0.15) is 0 Å². The maximum absolute atomic E-state index is 2.51. The molecule has 3 heteroatoms. The number of thiophene rings is 1. The number of benzene rings is 6. The van der Waals surface area contributed by atoms with Crippen LogP contribution in [-0.4, -0.2) is 6.71 Å². The fourth-order valence-electron chi connectivity index (χ4n) is 7.16. The van der Waals surface area contributed by atoms with Crippen molar-refractivity contribution < 1.29 is 0 Å². The number of hydrogen-bond donors (Lipinski definition) is 0. The smallest absolute Gasteiger partial charge is 0.248 e. The Morgan fingerprint density at radius 3 is 2.29 bits per heavy atom. The SMILES string of the molecule is Cc1cccc(N2c3cc(C)ccc3B3c4ccccc4-c4cc(-c5ccc6sc7ccccc7c6c5)cc2c43)c1. The molecular formula is C38H26BNS. The van der Waals surface area contributed by atoms with Gasteiger partial charge in [-0.2, -0.15) is 0 Å². The first kappa shape index (κ1) is 23.1. The second-order valence-corrected chi connectivity index (χ2v) is 12.6. The maximum atomic E-state index is 2.51. The van der Waals surface area contributed by atoms with Crippen LogP contribution in [0.15, 0.2) is 121 Å². The van der Waals surface area contributed by atoms with E-state index in [2.05, 4.69) is 140 Å². The minimum absolute atomic E-state index is 0.241. The predicted molar refractivity (Wildman–Crippen MR) is 179 cm³/mol. The standard InChI is InChI=1S/C38H26BNS/c1-23-8-7-9-27(18-23)40-34-19-24(2)14-16-33(34)39-32-12-5-3-10-28(32)31-21-26(22-35(40)38(31)39)25-15-17-37-30(20-25)29-11-4-6-13-36(29)41-37/h3-22H,1-2H3. The van der Waals surface area contributed by atoms with Gasteiger partial charge in [0.15, 0.2) is 0 Å². The molecule has 192 valence electrons. The molecule has 0 unspecified atom stereocenters. The van der Waals surface area contributed by atoms with Crippen molar-refractivity contribution in [3.8, 4) is 22.3 Å². The maximum Gasteiger partial charge on any atom is 0.248 e. The highest BCUT2D eigenvalue weighted by atomic mass is 32.1. The number of aryl methyl sites for hydroxylation is 2. The molecule has 41 heavy (non-hydrogen) atoms. The third-order valence-electron chi connectivity index (χ3n) is 8.96. The summed E-state index contributed by atoms with van der Waals surface area (Å²) in [7, 11) is 0. The van der Waals surface area contributed by atoms with Crippen molar-refractivity contribution in [2.45, 2.75) is 13.8 Å². The highest BCUT2D eigenvalue weighted by Crippen LogP contribution is 2.44. The zero-order chi connectivity index (χ0) is 27.2. The molecule has 0 saturated heterocycles. The van der Waals surface area contributed by atoms with E-state index in [1.807, 2.05) is 11.3 Å². The number of rotatable bonds is 2. The molecule has 2 aliphatic rings. The van der Waals surface area contributed by atoms with E-state index in [1.54, 1.807) is 0 Å². The minimum atomic E-state index is 0.241. The van der Waals surface area contributed by atoms with Crippen LogP contribution in [0.5, 0.6) is 0 Å². The van der Waals surface area contributed by atoms with Gasteiger partial charge < -0.3 is 4.90 Å². The van der Waals surface area contributed by atoms with E-state index >= 15 is 0 Å². The molecule has 0 N–H and O–H groups in total. The van der Waals surface area contributed by atoms with Crippen molar-refractivity contribution in [1.82, 2.24) is 0 Å². The zero-order valence-electron chi connectivity index (χ0n) is 23.0. The number of fused-ring (bicyclic) bond motifs is 8. The van der Waals surface area contributed by atoms with Gasteiger partial charge in [-0.3, -0.25) is 0 Å². The van der Waals surface area contributed by atoms with Crippen LogP contribution in [0.25, 0.3) is 42.4 Å². The van der Waals surface area contributed by atoms with Crippen molar-refractivity contribution in [3.63, 3.8) is 0 Å². The van der Waals surface area contributed by atoms with E-state index in [0.29, 0.717) is 0 Å². The summed E-state index contributed by atoms with van der Waals surface area (Å²) in [6, 6.07) is 45.6. The first-order chi connectivity index (χ1) is 20.1. The van der Waals surface area contributed by atoms with Crippen molar-refractivity contribution in [2.75, 3.05) is 4.90 Å². The van der Waals surface area contributed by atoms with Crippen LogP contribution in [0.3, 0.4) is 0 Å². The van der Waals surface area contributed by atoms with Crippen LogP contribution in [0.2, 0.25) is 0 Å². The predicted octanol–water partition coefficient (Wildman–Crippen LogP) is 8.62. The van der Waals surface area contributed by atoms with Crippen LogP contribution in [0.4, 0.5) is 17.1 Å². The van der Waals surface area contributed by atoms with E-state index in [-0.39, 0.29) is 6.71 Å². The Bertz CT molecular complexity index is 2210.